The van der Waals surface area contributed by atoms with Crippen molar-refractivity contribution >= 4 is 23.6 Å². The summed E-state index contributed by atoms with van der Waals surface area (Å²) in [7, 11) is 0. The zero-order valence-electron chi connectivity index (χ0n) is 27.1. The Labute approximate surface area is 343 Å². The molecule has 11 atom stereocenters. The van der Waals surface area contributed by atoms with E-state index in [9.17, 15) is 44.7 Å². The summed E-state index contributed by atoms with van der Waals surface area (Å²) in [5, 5.41) is 61.2. The van der Waals surface area contributed by atoms with Gasteiger partial charge in [0, 0.05) is 132 Å². The molecule has 14 nitrogen and oxygen atoms in total. The average molecular weight is 1090 g/mol. The SMILES string of the molecule is CC(=O)N[C@@H](c1ccoc1)[C@@H](O)C(=O)OC1C[C@@]2(O)[C@@H](OC(C)=O)[C@@H]3[C@]4(O)CO[C@@H]4C[C@H](O)[C@@]3(C)C(=O)[C@H](O)C(=C1C)C2(C)C.[Ac].[Ac]. The van der Waals surface area contributed by atoms with Gasteiger partial charge in [-0.1, -0.05) is 13.8 Å². The minimum absolute atomic E-state index is 0. The maximum atomic E-state index is 14.3. The summed E-state index contributed by atoms with van der Waals surface area (Å²) in [6, 6.07) is 0.183. The smallest absolute Gasteiger partial charge is 0.338 e. The van der Waals surface area contributed by atoms with Gasteiger partial charge in [-0.2, -0.15) is 0 Å². The van der Waals surface area contributed by atoms with Crippen LogP contribution in [0.1, 0.15) is 66.0 Å². The van der Waals surface area contributed by atoms with Gasteiger partial charge >= 0.3 is 11.9 Å². The van der Waals surface area contributed by atoms with Crippen LogP contribution in [-0.4, -0.2) is 104 Å². The van der Waals surface area contributed by atoms with Gasteiger partial charge in [-0.15, -0.1) is 0 Å². The second-order valence-electron chi connectivity index (χ2n) is 13.6. The molecule has 2 saturated carbocycles. The molecule has 5 rings (SSSR count). The number of hydrogen-bond donors (Lipinski definition) is 6. The van der Waals surface area contributed by atoms with E-state index in [0.717, 1.165) is 6.92 Å². The molecular weight excluding hydrogens is 1050 g/mol. The van der Waals surface area contributed by atoms with E-state index in [0.29, 0.717) is 0 Å². The molecule has 1 saturated heterocycles. The molecule has 1 aromatic rings. The Morgan fingerprint density at radius 1 is 1.09 bits per heavy atom. The molecule has 47 heavy (non-hydrogen) atoms. The maximum Gasteiger partial charge on any atom is 0.338 e. The van der Waals surface area contributed by atoms with Crippen molar-refractivity contribution in [2.45, 2.75) is 108 Å². The summed E-state index contributed by atoms with van der Waals surface area (Å²) in [6.45, 7) is 7.96. The van der Waals surface area contributed by atoms with Gasteiger partial charge in [0.15, 0.2) is 11.9 Å². The van der Waals surface area contributed by atoms with Crippen molar-refractivity contribution in [3.63, 3.8) is 0 Å². The number of esters is 2. The van der Waals surface area contributed by atoms with Crippen LogP contribution in [0.25, 0.3) is 0 Å². The van der Waals surface area contributed by atoms with Crippen LogP contribution in [0.5, 0.6) is 0 Å². The summed E-state index contributed by atoms with van der Waals surface area (Å²) < 4.78 is 22.1. The van der Waals surface area contributed by atoms with E-state index in [-0.39, 0.29) is 118 Å². The molecule has 0 spiro atoms. The number of rotatable bonds is 6. The van der Waals surface area contributed by atoms with Gasteiger partial charge in [-0.05, 0) is 31.1 Å². The van der Waals surface area contributed by atoms with Gasteiger partial charge in [-0.3, -0.25) is 14.4 Å². The Bertz CT molecular complexity index is 1430. The van der Waals surface area contributed by atoms with Crippen LogP contribution >= 0.6 is 0 Å². The van der Waals surface area contributed by atoms with Crippen molar-refractivity contribution in [2.75, 3.05) is 6.61 Å². The van der Waals surface area contributed by atoms with Gasteiger partial charge < -0.3 is 49.5 Å². The van der Waals surface area contributed by atoms with Crippen LogP contribution in [0.4, 0.5) is 0 Å². The van der Waals surface area contributed by atoms with E-state index in [4.69, 9.17) is 18.6 Å². The van der Waals surface area contributed by atoms with Crippen LogP contribution in [0.3, 0.4) is 0 Å². The minimum atomic E-state index is -2.22. The number of Topliss-reactive ketones (excluding diaryl/α,β-unsaturated/α-hetero) is 1. The molecule has 1 amide bonds. The summed E-state index contributed by atoms with van der Waals surface area (Å²) in [5.74, 6) is -4.93. The van der Waals surface area contributed by atoms with Crippen molar-refractivity contribution in [3.8, 4) is 0 Å². The predicted molar refractivity (Wildman–Crippen MR) is 151 cm³/mol. The van der Waals surface area contributed by atoms with Gasteiger partial charge in [0.2, 0.25) is 5.91 Å². The minimum Gasteiger partial charge on any atom is -0.472 e. The first kappa shape index (κ1) is 41.2. The van der Waals surface area contributed by atoms with Crippen molar-refractivity contribution in [2.24, 2.45) is 16.7 Å². The first-order valence-corrected chi connectivity index (χ1v) is 14.8. The van der Waals surface area contributed by atoms with Crippen molar-refractivity contribution in [1.29, 1.82) is 0 Å². The normalized spacial score (nSPS) is 38.3. The molecule has 1 unspecified atom stereocenters. The van der Waals surface area contributed by atoms with E-state index >= 15 is 0 Å². The fourth-order valence-electron chi connectivity index (χ4n) is 8.16. The molecular formula is C31H41Ac2NO13. The number of carbonyl (C=O) groups excluding carboxylic acids is 4. The van der Waals surface area contributed by atoms with Crippen molar-refractivity contribution in [1.82, 2.24) is 5.32 Å². The molecule has 4 aliphatic rings. The third-order valence-electron chi connectivity index (χ3n) is 10.7. The van der Waals surface area contributed by atoms with Gasteiger partial charge in [0.25, 0.3) is 0 Å². The summed E-state index contributed by atoms with van der Waals surface area (Å²) in [6.07, 6.45) is -7.37. The Morgan fingerprint density at radius 3 is 2.23 bits per heavy atom. The standard InChI is InChI=1S/C31H41NO13.2Ac/c1-13-17(45-27(39)23(37)21(32-14(2)33)16-7-8-42-11-16)10-31(41)26(44-15(3)34)24-29(6,18(35)9-19-30(24,40)12-43-19)25(38)22(36)20(13)28(31,4)5;;/h7-8,11,17-19,21-24,26,35-37,40-41H,9-10,12H2,1-6H3,(H,32,33);;/t17?,18-,19+,21-,22+,23+,24-,26-,29+,30-,31+;;/m0../s1. The van der Waals surface area contributed by atoms with Crippen molar-refractivity contribution in [3.05, 3.63) is 35.3 Å². The van der Waals surface area contributed by atoms with Crippen LogP contribution in [0, 0.1) is 105 Å². The van der Waals surface area contributed by atoms with E-state index < -0.39 is 101 Å². The van der Waals surface area contributed by atoms with E-state index in [1.165, 1.54) is 53.2 Å². The summed E-state index contributed by atoms with van der Waals surface area (Å²) >= 11 is 0. The molecule has 3 aliphatic carbocycles. The zero-order valence-corrected chi connectivity index (χ0v) is 36.6. The van der Waals surface area contributed by atoms with E-state index in [2.05, 4.69) is 5.32 Å². The average Bonchev–Trinajstić information content (AvgIpc) is 3.48. The molecule has 2 radical (unpaired) electrons. The Balaban J connectivity index is 0.00000300. The number of hydrogen-bond acceptors (Lipinski definition) is 13. The van der Waals surface area contributed by atoms with Crippen LogP contribution < -0.4 is 5.32 Å². The molecule has 2 bridgehead atoms. The number of aliphatic hydroxyl groups is 5. The van der Waals surface area contributed by atoms with Crippen molar-refractivity contribution < 1.29 is 151 Å². The van der Waals surface area contributed by atoms with Crippen LogP contribution in [-0.2, 0) is 33.4 Å². The molecule has 254 valence electrons. The largest absolute Gasteiger partial charge is 0.472 e. The number of carbonyl (C=O) groups is 4. The Hall–Kier alpha value is -0.257. The van der Waals surface area contributed by atoms with Crippen LogP contribution in [0.2, 0.25) is 0 Å². The van der Waals surface area contributed by atoms with Gasteiger partial charge in [0.1, 0.15) is 29.5 Å². The number of nitrogens with one attached hydrogen (secondary N) is 1. The molecule has 1 aromatic heterocycles. The third-order valence-corrected chi connectivity index (χ3v) is 10.7. The maximum absolute atomic E-state index is 14.3. The van der Waals surface area contributed by atoms with E-state index in [1.54, 1.807) is 0 Å². The summed E-state index contributed by atoms with van der Waals surface area (Å²) in [5.41, 5.74) is -7.03. The fourth-order valence-corrected chi connectivity index (χ4v) is 8.16. The molecule has 2 heterocycles. The predicted octanol–water partition coefficient (Wildman–Crippen LogP) is -0.401. The van der Waals surface area contributed by atoms with Gasteiger partial charge in [0.05, 0.1) is 42.8 Å². The van der Waals surface area contributed by atoms with Gasteiger partial charge in [-0.25, -0.2) is 4.79 Å². The summed E-state index contributed by atoms with van der Waals surface area (Å²) in [4.78, 5) is 52.2. The molecule has 6 N–H and O–H groups in total. The quantitative estimate of drug-likeness (QED) is 0.158. The molecule has 16 heteroatoms. The topological polar surface area (TPSA) is 222 Å². The molecule has 1 aliphatic heterocycles. The molecule has 3 fully saturated rings. The number of ether oxygens (including phenoxy) is 3. The first-order valence-electron chi connectivity index (χ1n) is 14.8. The molecule has 0 aromatic carbocycles. The number of fused-ring (bicyclic) bond motifs is 5. The Morgan fingerprint density at radius 2 is 1.72 bits per heavy atom. The van der Waals surface area contributed by atoms with E-state index in [1.807, 2.05) is 0 Å². The second kappa shape index (κ2) is 14.4. The number of furan rings is 1. The number of ketones is 1. The number of amides is 1. The third kappa shape index (κ3) is 6.42. The first-order chi connectivity index (χ1) is 20.8. The number of aliphatic hydroxyl groups excluding tert-OH is 3. The van der Waals surface area contributed by atoms with Crippen LogP contribution in [0.15, 0.2) is 34.2 Å². The second-order valence-corrected chi connectivity index (χ2v) is 13.6. The Kier molecular flexibility index (Phi) is 12.6. The zero-order chi connectivity index (χ0) is 33.4. The fraction of sp³-hybridized carbons (Fsp3) is 0.677. The monoisotopic (exact) mass is 1090 g/mol.